The Morgan fingerprint density at radius 2 is 2.08 bits per heavy atom. The molecular weight excluding hydrogens is 665 g/mol. The summed E-state index contributed by atoms with van der Waals surface area (Å²) >= 11 is 7.99. The van der Waals surface area contributed by atoms with Crippen LogP contribution >= 0.6 is 22.9 Å². The van der Waals surface area contributed by atoms with Gasteiger partial charge in [0.05, 0.1) is 38.4 Å². The number of halogens is 4. The second-order valence-electron chi connectivity index (χ2n) is 13.4. The van der Waals surface area contributed by atoms with Crippen LogP contribution in [0.2, 0.25) is 5.02 Å². The van der Waals surface area contributed by atoms with Crippen molar-refractivity contribution in [2.45, 2.75) is 62.9 Å². The third-order valence-electron chi connectivity index (χ3n) is 10.8. The molecule has 4 unspecified atom stereocenters. The molecule has 4 aliphatic rings. The molecule has 14 heteroatoms. The van der Waals surface area contributed by atoms with Crippen molar-refractivity contribution >= 4 is 54.7 Å². The van der Waals surface area contributed by atoms with E-state index in [9.17, 15) is 9.65 Å². The van der Waals surface area contributed by atoms with Crippen molar-refractivity contribution in [3.63, 3.8) is 0 Å². The molecule has 0 amide bonds. The molecule has 2 aromatic carbocycles. The molecule has 4 aromatic rings. The average Bonchev–Trinajstić information content (AvgIpc) is 3.69. The smallest absolute Gasteiger partial charge is 0.319 e. The van der Waals surface area contributed by atoms with Crippen LogP contribution < -0.4 is 20.1 Å². The summed E-state index contributed by atoms with van der Waals surface area (Å²) in [5, 5.41) is 10.5. The molecule has 9 nitrogen and oxygen atoms in total. The van der Waals surface area contributed by atoms with E-state index in [2.05, 4.69) is 14.8 Å². The number of piperidine rings is 1. The maximum atomic E-state index is 17.2. The highest BCUT2D eigenvalue weighted by Gasteiger charge is 2.49. The van der Waals surface area contributed by atoms with Gasteiger partial charge in [-0.1, -0.05) is 17.7 Å². The third-order valence-corrected chi connectivity index (χ3v) is 12.2. The summed E-state index contributed by atoms with van der Waals surface area (Å²) < 4.78 is 65.3. The van der Waals surface area contributed by atoms with Gasteiger partial charge < -0.3 is 24.8 Å². The quantitative estimate of drug-likeness (QED) is 0.231. The zero-order chi connectivity index (χ0) is 33.5. The van der Waals surface area contributed by atoms with Gasteiger partial charge in [-0.15, -0.1) is 11.3 Å². The van der Waals surface area contributed by atoms with E-state index in [4.69, 9.17) is 36.5 Å². The average molecular weight is 699 g/mol. The van der Waals surface area contributed by atoms with Gasteiger partial charge in [0.2, 0.25) is 0 Å². The number of nitriles is 1. The topological polar surface area (TPSA) is 110 Å². The number of nitrogens with zero attached hydrogens (tertiary/aromatic N) is 5. The van der Waals surface area contributed by atoms with Gasteiger partial charge in [0.15, 0.2) is 11.6 Å². The van der Waals surface area contributed by atoms with Gasteiger partial charge in [-0.25, -0.2) is 13.2 Å². The SMILES string of the molecule is COC(C)C1CCC2COc3c(Cl)c(-c4ccc(F)c5sc(N)c(C#N)c45)c(F)c4nc(OCC56CCCN5C[C@H](F)C6)nc(c34)N2C1. The number of fused-ring (bicyclic) bond motifs is 4. The van der Waals surface area contributed by atoms with Gasteiger partial charge in [-0.05, 0) is 50.8 Å². The van der Waals surface area contributed by atoms with Crippen molar-refractivity contribution < 1.29 is 27.4 Å². The number of aromatic nitrogens is 2. The van der Waals surface area contributed by atoms with Crippen LogP contribution in [0.4, 0.5) is 24.0 Å². The van der Waals surface area contributed by atoms with E-state index in [1.165, 1.54) is 12.1 Å². The summed E-state index contributed by atoms with van der Waals surface area (Å²) in [4.78, 5) is 13.8. The molecule has 2 aromatic heterocycles. The van der Waals surface area contributed by atoms with Crippen LogP contribution in [0.15, 0.2) is 12.1 Å². The van der Waals surface area contributed by atoms with Crippen LogP contribution in [-0.2, 0) is 4.74 Å². The number of nitrogens with two attached hydrogens (primary N) is 1. The molecule has 8 rings (SSSR count). The summed E-state index contributed by atoms with van der Waals surface area (Å²) in [6.07, 6.45) is 2.79. The number of ether oxygens (including phenoxy) is 3. The Morgan fingerprint density at radius 3 is 2.88 bits per heavy atom. The lowest BCUT2D eigenvalue weighted by Crippen LogP contribution is -2.48. The number of thiophene rings is 1. The van der Waals surface area contributed by atoms with Crippen molar-refractivity contribution in [3.05, 3.63) is 34.4 Å². The third kappa shape index (κ3) is 4.78. The molecule has 4 aliphatic heterocycles. The van der Waals surface area contributed by atoms with Gasteiger partial charge in [0, 0.05) is 43.5 Å². The molecule has 0 aliphatic carbocycles. The van der Waals surface area contributed by atoms with Gasteiger partial charge in [0.1, 0.15) is 47.6 Å². The molecule has 3 saturated heterocycles. The second-order valence-corrected chi connectivity index (χ2v) is 14.8. The largest absolute Gasteiger partial charge is 0.489 e. The van der Waals surface area contributed by atoms with Crippen molar-refractivity contribution in [1.29, 1.82) is 5.26 Å². The lowest BCUT2D eigenvalue weighted by molar-refractivity contribution is 0.0544. The normalized spacial score (nSPS) is 25.9. The van der Waals surface area contributed by atoms with Crippen molar-refractivity contribution in [2.75, 3.05) is 50.6 Å². The predicted octanol–water partition coefficient (Wildman–Crippen LogP) is 6.86. The maximum Gasteiger partial charge on any atom is 0.319 e. The number of hydrogen-bond acceptors (Lipinski definition) is 10. The fourth-order valence-corrected chi connectivity index (χ4v) is 9.56. The lowest BCUT2D eigenvalue weighted by atomic mass is 9.89. The highest BCUT2D eigenvalue weighted by molar-refractivity contribution is 7.23. The number of hydrogen-bond donors (Lipinski definition) is 1. The molecule has 2 N–H and O–H groups in total. The van der Waals surface area contributed by atoms with E-state index in [0.717, 1.165) is 43.6 Å². The zero-order valence-electron chi connectivity index (χ0n) is 26.5. The number of anilines is 2. The summed E-state index contributed by atoms with van der Waals surface area (Å²) in [5.74, 6) is -0.566. The molecule has 0 bridgehead atoms. The standard InChI is InChI=1S/C34H34ClF3N6O3S/c1-16(45-2)17-4-5-19-14-46-29-25-28(27(38)24(26(29)35)20-6-7-22(37)30-23(20)21(11-39)31(40)48-30)41-33(42-32(25)44(19)12-17)47-15-34-8-3-9-43(34)13-18(36)10-34/h6-7,16-19H,3-5,8-10,12-15,40H2,1-2H3/t16?,17?,18-,19?,34?/m1/s1. The highest BCUT2D eigenvalue weighted by atomic mass is 35.5. The Balaban J connectivity index is 1.34. The van der Waals surface area contributed by atoms with E-state index in [0.29, 0.717) is 30.7 Å². The lowest BCUT2D eigenvalue weighted by Gasteiger charge is -2.41. The Hall–Kier alpha value is -3.57. The molecule has 3 fully saturated rings. The highest BCUT2D eigenvalue weighted by Crippen LogP contribution is 2.52. The maximum absolute atomic E-state index is 17.2. The number of benzene rings is 2. The molecule has 5 atom stereocenters. The molecule has 252 valence electrons. The van der Waals surface area contributed by atoms with Crippen LogP contribution in [-0.4, -0.2) is 78.7 Å². The summed E-state index contributed by atoms with van der Waals surface area (Å²) in [6, 6.07) is 4.50. The van der Waals surface area contributed by atoms with E-state index >= 15 is 8.78 Å². The molecule has 6 heterocycles. The van der Waals surface area contributed by atoms with Gasteiger partial charge in [-0.3, -0.25) is 4.90 Å². The molecule has 0 saturated carbocycles. The molecular formula is C34H34ClF3N6O3S. The predicted molar refractivity (Wildman–Crippen MR) is 179 cm³/mol. The number of nitrogen functional groups attached to an aromatic ring is 1. The Morgan fingerprint density at radius 1 is 1.25 bits per heavy atom. The zero-order valence-corrected chi connectivity index (χ0v) is 28.1. The van der Waals surface area contributed by atoms with Crippen LogP contribution in [0.25, 0.3) is 32.1 Å². The number of methoxy groups -OCH3 is 1. The molecule has 48 heavy (non-hydrogen) atoms. The van der Waals surface area contributed by atoms with Gasteiger partial charge >= 0.3 is 6.01 Å². The van der Waals surface area contributed by atoms with Crippen LogP contribution in [0.3, 0.4) is 0 Å². The van der Waals surface area contributed by atoms with Crippen LogP contribution in [0, 0.1) is 28.9 Å². The molecule has 0 radical (unpaired) electrons. The first-order valence-electron chi connectivity index (χ1n) is 16.2. The van der Waals surface area contributed by atoms with Gasteiger partial charge in [0.25, 0.3) is 0 Å². The Kier molecular flexibility index (Phi) is 7.78. The van der Waals surface area contributed by atoms with Crippen LogP contribution in [0.1, 0.15) is 44.6 Å². The first-order chi connectivity index (χ1) is 23.1. The van der Waals surface area contributed by atoms with E-state index in [1.54, 1.807) is 7.11 Å². The number of rotatable bonds is 6. The monoisotopic (exact) mass is 698 g/mol. The van der Waals surface area contributed by atoms with Crippen molar-refractivity contribution in [2.24, 2.45) is 5.92 Å². The minimum atomic E-state index is -0.941. The first-order valence-corrected chi connectivity index (χ1v) is 17.4. The fourth-order valence-electron chi connectivity index (χ4n) is 8.28. The summed E-state index contributed by atoms with van der Waals surface area (Å²) in [7, 11) is 1.69. The van der Waals surface area contributed by atoms with Crippen molar-refractivity contribution in [3.8, 4) is 29.0 Å². The van der Waals surface area contributed by atoms with E-state index < -0.39 is 23.3 Å². The fraction of sp³-hybridized carbons (Fsp3) is 0.500. The second kappa shape index (κ2) is 11.8. The summed E-state index contributed by atoms with van der Waals surface area (Å²) in [6.45, 7) is 4.18. The number of alkyl halides is 1. The van der Waals surface area contributed by atoms with E-state index in [1.807, 2.05) is 13.0 Å². The van der Waals surface area contributed by atoms with Crippen molar-refractivity contribution in [1.82, 2.24) is 14.9 Å². The van der Waals surface area contributed by atoms with Gasteiger partial charge in [-0.2, -0.15) is 15.2 Å². The minimum Gasteiger partial charge on any atom is -0.489 e. The Bertz CT molecular complexity index is 2010. The minimum absolute atomic E-state index is 0.0259. The van der Waals surface area contributed by atoms with E-state index in [-0.39, 0.29) is 85.4 Å². The Labute approximate surface area is 284 Å². The molecule has 0 spiro atoms. The summed E-state index contributed by atoms with van der Waals surface area (Å²) in [5.41, 5.74) is 5.71. The van der Waals surface area contributed by atoms with Crippen LogP contribution in [0.5, 0.6) is 11.8 Å². The first kappa shape index (κ1) is 31.7.